The molecule has 1 amide bonds. The van der Waals surface area contributed by atoms with Crippen molar-refractivity contribution in [3.8, 4) is 0 Å². The molecule has 0 radical (unpaired) electrons. The molecule has 27 heavy (non-hydrogen) atoms. The average molecular weight is 399 g/mol. The highest BCUT2D eigenvalue weighted by Crippen LogP contribution is 2.48. The summed E-state index contributed by atoms with van der Waals surface area (Å²) in [4.78, 5) is 16.7. The van der Waals surface area contributed by atoms with E-state index in [1.165, 1.54) is 17.8 Å². The van der Waals surface area contributed by atoms with Crippen LogP contribution in [0.3, 0.4) is 0 Å². The highest BCUT2D eigenvalue weighted by atomic mass is 32.2. The SMILES string of the molecule is C[C@H]1OC[C@]2(c3cc(N)cc(F)c3F)N=C(NC(=O)OC(C)(C)C)SC[C@H]12. The van der Waals surface area contributed by atoms with Crippen LogP contribution in [0.5, 0.6) is 0 Å². The van der Waals surface area contributed by atoms with Crippen LogP contribution in [-0.4, -0.2) is 35.3 Å². The Morgan fingerprint density at radius 2 is 2.15 bits per heavy atom. The number of fused-ring (bicyclic) bond motifs is 1. The Kier molecular flexibility index (Phi) is 5.11. The molecular weight excluding hydrogens is 376 g/mol. The first-order valence-electron chi connectivity index (χ1n) is 8.61. The lowest BCUT2D eigenvalue weighted by Gasteiger charge is -2.36. The topological polar surface area (TPSA) is 85.9 Å². The Balaban J connectivity index is 2.00. The number of amidine groups is 1. The molecule has 2 heterocycles. The lowest BCUT2D eigenvalue weighted by atomic mass is 9.79. The minimum Gasteiger partial charge on any atom is -0.444 e. The number of halogens is 2. The van der Waals surface area contributed by atoms with Gasteiger partial charge in [0.25, 0.3) is 0 Å². The van der Waals surface area contributed by atoms with Gasteiger partial charge in [0.1, 0.15) is 11.1 Å². The summed E-state index contributed by atoms with van der Waals surface area (Å²) >= 11 is 1.32. The average Bonchev–Trinajstić information content (AvgIpc) is 2.86. The monoisotopic (exact) mass is 399 g/mol. The van der Waals surface area contributed by atoms with Crippen LogP contribution in [-0.2, 0) is 15.0 Å². The fourth-order valence-electron chi connectivity index (χ4n) is 3.36. The zero-order chi connectivity index (χ0) is 20.0. The molecule has 0 spiro atoms. The number of hydrogen-bond donors (Lipinski definition) is 2. The van der Waals surface area contributed by atoms with Gasteiger partial charge in [-0.3, -0.25) is 5.32 Å². The number of nitrogens with one attached hydrogen (secondary N) is 1. The number of hydrogen-bond acceptors (Lipinski definition) is 6. The number of carbonyl (C=O) groups is 1. The van der Waals surface area contributed by atoms with Crippen molar-refractivity contribution in [1.29, 1.82) is 0 Å². The molecule has 6 nitrogen and oxygen atoms in total. The Labute approximate surface area is 160 Å². The molecule has 1 aromatic rings. The number of carbonyl (C=O) groups excluding carboxylic acids is 1. The van der Waals surface area contributed by atoms with E-state index >= 15 is 0 Å². The van der Waals surface area contributed by atoms with Gasteiger partial charge in [-0.15, -0.1) is 0 Å². The molecule has 3 atom stereocenters. The minimum absolute atomic E-state index is 0.0399. The van der Waals surface area contributed by atoms with E-state index in [9.17, 15) is 13.6 Å². The van der Waals surface area contributed by atoms with Gasteiger partial charge in [-0.25, -0.2) is 18.6 Å². The molecular formula is C18H23F2N3O3S. The first kappa shape index (κ1) is 19.9. The summed E-state index contributed by atoms with van der Waals surface area (Å²) in [5.41, 5.74) is 4.06. The highest BCUT2D eigenvalue weighted by molar-refractivity contribution is 8.13. The van der Waals surface area contributed by atoms with E-state index < -0.39 is 28.9 Å². The Morgan fingerprint density at radius 3 is 2.81 bits per heavy atom. The molecule has 1 aromatic carbocycles. The van der Waals surface area contributed by atoms with Crippen LogP contribution in [0.4, 0.5) is 19.3 Å². The number of ether oxygens (including phenoxy) is 2. The second-order valence-electron chi connectivity index (χ2n) is 7.77. The molecule has 2 aliphatic rings. The van der Waals surface area contributed by atoms with Crippen molar-refractivity contribution in [2.45, 2.75) is 44.9 Å². The van der Waals surface area contributed by atoms with Gasteiger partial charge in [0, 0.05) is 22.9 Å². The number of amides is 1. The second-order valence-corrected chi connectivity index (χ2v) is 8.77. The number of benzene rings is 1. The summed E-state index contributed by atoms with van der Waals surface area (Å²) in [6.07, 6.45) is -0.859. The zero-order valence-corrected chi connectivity index (χ0v) is 16.5. The lowest BCUT2D eigenvalue weighted by Crippen LogP contribution is -2.45. The number of anilines is 1. The van der Waals surface area contributed by atoms with Crippen LogP contribution in [0.2, 0.25) is 0 Å². The standard InChI is InChI=1S/C18H23F2N3O3S/c1-9-12-7-27-15(22-16(24)26-17(2,3)4)23-18(12,8-25-9)11-5-10(21)6-13(19)14(11)20/h5-6,9,12H,7-8,21H2,1-4H3,(H,22,23,24)/t9-,12-,18-/m1/s1. The first-order chi connectivity index (χ1) is 12.5. The predicted octanol–water partition coefficient (Wildman–Crippen LogP) is 3.40. The fourth-order valence-corrected chi connectivity index (χ4v) is 4.63. The summed E-state index contributed by atoms with van der Waals surface area (Å²) in [6.45, 7) is 7.18. The normalized spacial score (nSPS) is 27.7. The Hall–Kier alpha value is -1.87. The van der Waals surface area contributed by atoms with Crippen molar-refractivity contribution >= 4 is 28.7 Å². The Bertz CT molecular complexity index is 797. The first-order valence-corrected chi connectivity index (χ1v) is 9.59. The van der Waals surface area contributed by atoms with Crippen molar-refractivity contribution in [1.82, 2.24) is 5.32 Å². The highest BCUT2D eigenvalue weighted by Gasteiger charge is 2.53. The molecule has 0 aliphatic carbocycles. The van der Waals surface area contributed by atoms with Crippen molar-refractivity contribution in [3.05, 3.63) is 29.3 Å². The van der Waals surface area contributed by atoms with Crippen LogP contribution in [0.15, 0.2) is 17.1 Å². The summed E-state index contributed by atoms with van der Waals surface area (Å²) in [5, 5.41) is 2.87. The van der Waals surface area contributed by atoms with Crippen molar-refractivity contribution in [2.24, 2.45) is 10.9 Å². The van der Waals surface area contributed by atoms with Crippen molar-refractivity contribution in [2.75, 3.05) is 18.1 Å². The van der Waals surface area contributed by atoms with Gasteiger partial charge in [0.2, 0.25) is 0 Å². The van der Waals surface area contributed by atoms with Gasteiger partial charge in [-0.2, -0.15) is 0 Å². The maximum atomic E-state index is 14.7. The summed E-state index contributed by atoms with van der Waals surface area (Å²) < 4.78 is 39.6. The number of alkyl carbamates (subject to hydrolysis) is 1. The molecule has 3 rings (SSSR count). The van der Waals surface area contributed by atoms with Crippen molar-refractivity contribution < 1.29 is 23.0 Å². The van der Waals surface area contributed by atoms with E-state index in [4.69, 9.17) is 15.2 Å². The number of nitrogen functional groups attached to an aromatic ring is 1. The van der Waals surface area contributed by atoms with E-state index in [0.29, 0.717) is 5.75 Å². The Morgan fingerprint density at radius 1 is 1.44 bits per heavy atom. The molecule has 0 unspecified atom stereocenters. The van der Waals surface area contributed by atoms with Crippen LogP contribution < -0.4 is 11.1 Å². The van der Waals surface area contributed by atoms with E-state index in [1.807, 2.05) is 6.92 Å². The van der Waals surface area contributed by atoms with E-state index in [1.54, 1.807) is 20.8 Å². The molecule has 0 aromatic heterocycles. The fraction of sp³-hybridized carbons (Fsp3) is 0.556. The third kappa shape index (κ3) is 3.89. The summed E-state index contributed by atoms with van der Waals surface area (Å²) in [6, 6.07) is 2.32. The molecule has 0 bridgehead atoms. The van der Waals surface area contributed by atoms with Gasteiger partial charge >= 0.3 is 6.09 Å². The molecule has 9 heteroatoms. The van der Waals surface area contributed by atoms with E-state index in [-0.39, 0.29) is 35.0 Å². The van der Waals surface area contributed by atoms with Crippen LogP contribution in [0.1, 0.15) is 33.3 Å². The molecule has 2 aliphatic heterocycles. The number of thioether (sulfide) groups is 1. The molecule has 0 saturated carbocycles. The molecule has 3 N–H and O–H groups in total. The predicted molar refractivity (Wildman–Crippen MR) is 101 cm³/mol. The number of nitrogens with zero attached hydrogens (tertiary/aromatic N) is 1. The third-order valence-corrected chi connectivity index (χ3v) is 5.56. The van der Waals surface area contributed by atoms with Crippen LogP contribution in [0.25, 0.3) is 0 Å². The summed E-state index contributed by atoms with van der Waals surface area (Å²) in [5.74, 6) is -1.71. The van der Waals surface area contributed by atoms with E-state index in [0.717, 1.165) is 6.07 Å². The quantitative estimate of drug-likeness (QED) is 0.707. The van der Waals surface area contributed by atoms with Gasteiger partial charge < -0.3 is 15.2 Å². The molecule has 1 fully saturated rings. The molecule has 148 valence electrons. The number of aliphatic imine (C=N–C) groups is 1. The van der Waals surface area contributed by atoms with E-state index in [2.05, 4.69) is 10.3 Å². The number of rotatable bonds is 1. The third-order valence-electron chi connectivity index (χ3n) is 4.57. The van der Waals surface area contributed by atoms with Crippen LogP contribution in [0, 0.1) is 17.6 Å². The summed E-state index contributed by atoms with van der Waals surface area (Å²) in [7, 11) is 0. The maximum Gasteiger partial charge on any atom is 0.413 e. The largest absolute Gasteiger partial charge is 0.444 e. The lowest BCUT2D eigenvalue weighted by molar-refractivity contribution is 0.0563. The van der Waals surface area contributed by atoms with Gasteiger partial charge in [0.15, 0.2) is 16.8 Å². The smallest absolute Gasteiger partial charge is 0.413 e. The zero-order valence-electron chi connectivity index (χ0n) is 15.6. The van der Waals surface area contributed by atoms with Gasteiger partial charge in [-0.05, 0) is 39.8 Å². The minimum atomic E-state index is -1.16. The second kappa shape index (κ2) is 6.94. The maximum absolute atomic E-state index is 14.7. The van der Waals surface area contributed by atoms with Gasteiger partial charge in [0.05, 0.1) is 12.7 Å². The molecule has 1 saturated heterocycles. The van der Waals surface area contributed by atoms with Crippen LogP contribution >= 0.6 is 11.8 Å². The van der Waals surface area contributed by atoms with Crippen molar-refractivity contribution in [3.63, 3.8) is 0 Å². The van der Waals surface area contributed by atoms with Gasteiger partial charge in [-0.1, -0.05) is 11.8 Å². The number of nitrogens with two attached hydrogens (primary N) is 1.